The number of hydrogen-bond acceptors (Lipinski definition) is 4. The molecule has 0 fully saturated rings. The summed E-state index contributed by atoms with van der Waals surface area (Å²) in [6.07, 6.45) is 0. The number of rotatable bonds is 6. The summed E-state index contributed by atoms with van der Waals surface area (Å²) in [5.74, 6) is 0.521. The SMILES string of the molecule is COc1ccc(C)cc1C(C)NS(=O)(=O)c1ccc(C(C)=O)cc1. The molecule has 0 amide bonds. The molecule has 0 saturated carbocycles. The van der Waals surface area contributed by atoms with Crippen LogP contribution in [-0.2, 0) is 10.0 Å². The molecule has 24 heavy (non-hydrogen) atoms. The molecule has 0 saturated heterocycles. The summed E-state index contributed by atoms with van der Waals surface area (Å²) in [6.45, 7) is 5.14. The van der Waals surface area contributed by atoms with Crippen LogP contribution in [0.2, 0.25) is 0 Å². The highest BCUT2D eigenvalue weighted by Gasteiger charge is 2.21. The van der Waals surface area contributed by atoms with E-state index in [1.54, 1.807) is 14.0 Å². The minimum atomic E-state index is -3.70. The summed E-state index contributed by atoms with van der Waals surface area (Å²) < 4.78 is 33.0. The van der Waals surface area contributed by atoms with Gasteiger partial charge in [-0.05, 0) is 39.0 Å². The second-order valence-corrected chi connectivity index (χ2v) is 7.38. The molecule has 1 atom stereocenters. The van der Waals surface area contributed by atoms with E-state index in [0.717, 1.165) is 11.1 Å². The van der Waals surface area contributed by atoms with Crippen molar-refractivity contribution in [2.45, 2.75) is 31.7 Å². The van der Waals surface area contributed by atoms with Gasteiger partial charge in [0.1, 0.15) is 5.75 Å². The van der Waals surface area contributed by atoms with Crippen LogP contribution in [0.1, 0.15) is 41.4 Å². The zero-order valence-corrected chi connectivity index (χ0v) is 15.0. The van der Waals surface area contributed by atoms with Gasteiger partial charge in [-0.3, -0.25) is 4.79 Å². The van der Waals surface area contributed by atoms with Crippen LogP contribution in [-0.4, -0.2) is 21.3 Å². The lowest BCUT2D eigenvalue weighted by Gasteiger charge is -2.18. The van der Waals surface area contributed by atoms with Crippen molar-refractivity contribution in [3.05, 3.63) is 59.2 Å². The Bertz CT molecular complexity index is 842. The highest BCUT2D eigenvalue weighted by molar-refractivity contribution is 7.89. The van der Waals surface area contributed by atoms with Crippen molar-refractivity contribution in [1.29, 1.82) is 0 Å². The van der Waals surface area contributed by atoms with E-state index < -0.39 is 16.1 Å². The summed E-state index contributed by atoms with van der Waals surface area (Å²) in [6, 6.07) is 11.0. The molecule has 0 aliphatic carbocycles. The van der Waals surface area contributed by atoms with E-state index in [4.69, 9.17) is 4.74 Å². The molecule has 1 N–H and O–H groups in total. The Kier molecular flexibility index (Phi) is 5.41. The Morgan fingerprint density at radius 1 is 1.12 bits per heavy atom. The number of ether oxygens (including phenoxy) is 1. The minimum Gasteiger partial charge on any atom is -0.496 e. The monoisotopic (exact) mass is 347 g/mol. The van der Waals surface area contributed by atoms with Gasteiger partial charge in [-0.2, -0.15) is 0 Å². The van der Waals surface area contributed by atoms with E-state index in [2.05, 4.69) is 4.72 Å². The molecule has 1 unspecified atom stereocenters. The maximum Gasteiger partial charge on any atom is 0.241 e. The first-order chi connectivity index (χ1) is 11.2. The van der Waals surface area contributed by atoms with E-state index >= 15 is 0 Å². The van der Waals surface area contributed by atoms with Gasteiger partial charge in [-0.1, -0.05) is 29.8 Å². The minimum absolute atomic E-state index is 0.107. The van der Waals surface area contributed by atoms with Crippen molar-refractivity contribution in [2.75, 3.05) is 7.11 Å². The van der Waals surface area contributed by atoms with Gasteiger partial charge in [0.15, 0.2) is 5.78 Å². The van der Waals surface area contributed by atoms with E-state index in [1.807, 2.05) is 25.1 Å². The zero-order chi connectivity index (χ0) is 17.9. The zero-order valence-electron chi connectivity index (χ0n) is 14.2. The van der Waals surface area contributed by atoms with Gasteiger partial charge in [-0.25, -0.2) is 13.1 Å². The molecule has 0 aliphatic heterocycles. The molecule has 0 heterocycles. The standard InChI is InChI=1S/C18H21NO4S/c1-12-5-10-18(23-4)17(11-12)13(2)19-24(21,22)16-8-6-15(7-9-16)14(3)20/h5-11,13,19H,1-4H3. The Hall–Kier alpha value is -2.18. The molecule has 0 aliphatic rings. The molecule has 5 nitrogen and oxygen atoms in total. The highest BCUT2D eigenvalue weighted by Crippen LogP contribution is 2.27. The second kappa shape index (κ2) is 7.15. The number of benzene rings is 2. The predicted octanol–water partition coefficient (Wildman–Crippen LogP) is 3.25. The summed E-state index contributed by atoms with van der Waals surface area (Å²) in [5, 5.41) is 0. The lowest BCUT2D eigenvalue weighted by atomic mass is 10.1. The fourth-order valence-electron chi connectivity index (χ4n) is 2.43. The Balaban J connectivity index is 2.28. The fraction of sp³-hybridized carbons (Fsp3) is 0.278. The lowest BCUT2D eigenvalue weighted by molar-refractivity contribution is 0.101. The molecular weight excluding hydrogens is 326 g/mol. The van der Waals surface area contributed by atoms with Gasteiger partial charge >= 0.3 is 0 Å². The summed E-state index contributed by atoms with van der Waals surface area (Å²) in [4.78, 5) is 11.4. The number of sulfonamides is 1. The molecule has 6 heteroatoms. The van der Waals surface area contributed by atoms with Gasteiger partial charge in [0.2, 0.25) is 10.0 Å². The van der Waals surface area contributed by atoms with E-state index in [-0.39, 0.29) is 10.7 Å². The fourth-order valence-corrected chi connectivity index (χ4v) is 3.65. The number of ketones is 1. The van der Waals surface area contributed by atoms with Gasteiger partial charge in [0.25, 0.3) is 0 Å². The van der Waals surface area contributed by atoms with E-state index in [0.29, 0.717) is 11.3 Å². The lowest BCUT2D eigenvalue weighted by Crippen LogP contribution is -2.27. The normalized spacial score (nSPS) is 12.7. The van der Waals surface area contributed by atoms with Crippen molar-refractivity contribution >= 4 is 15.8 Å². The highest BCUT2D eigenvalue weighted by atomic mass is 32.2. The van der Waals surface area contributed by atoms with Gasteiger partial charge in [-0.15, -0.1) is 0 Å². The molecule has 128 valence electrons. The molecule has 0 radical (unpaired) electrons. The van der Waals surface area contributed by atoms with Crippen molar-refractivity contribution in [3.63, 3.8) is 0 Å². The predicted molar refractivity (Wildman–Crippen MR) is 92.9 cm³/mol. The van der Waals surface area contributed by atoms with Crippen LogP contribution in [0.3, 0.4) is 0 Å². The largest absolute Gasteiger partial charge is 0.496 e. The number of carbonyl (C=O) groups is 1. The van der Waals surface area contributed by atoms with Crippen LogP contribution in [0, 0.1) is 6.92 Å². The smallest absolute Gasteiger partial charge is 0.241 e. The van der Waals surface area contributed by atoms with Crippen molar-refractivity contribution < 1.29 is 17.9 Å². The maximum atomic E-state index is 12.5. The number of Topliss-reactive ketones (excluding diaryl/α,β-unsaturated/α-hetero) is 1. The summed E-state index contributed by atoms with van der Waals surface area (Å²) >= 11 is 0. The van der Waals surface area contributed by atoms with Crippen molar-refractivity contribution in [3.8, 4) is 5.75 Å². The van der Waals surface area contributed by atoms with Crippen LogP contribution in [0.4, 0.5) is 0 Å². The Labute approximate surface area is 142 Å². The third kappa shape index (κ3) is 4.01. The first kappa shape index (κ1) is 18.2. The average molecular weight is 347 g/mol. The van der Waals surface area contributed by atoms with Crippen LogP contribution in [0.25, 0.3) is 0 Å². The summed E-state index contributed by atoms with van der Waals surface area (Å²) in [7, 11) is -2.15. The first-order valence-electron chi connectivity index (χ1n) is 7.52. The van der Waals surface area contributed by atoms with E-state index in [9.17, 15) is 13.2 Å². The van der Waals surface area contributed by atoms with Gasteiger partial charge in [0, 0.05) is 17.2 Å². The number of carbonyl (C=O) groups excluding carboxylic acids is 1. The Morgan fingerprint density at radius 2 is 1.75 bits per heavy atom. The average Bonchev–Trinajstić information content (AvgIpc) is 2.54. The first-order valence-corrected chi connectivity index (χ1v) is 9.01. The molecule has 2 rings (SSSR count). The van der Waals surface area contributed by atoms with Crippen LogP contribution in [0.5, 0.6) is 5.75 Å². The summed E-state index contributed by atoms with van der Waals surface area (Å²) in [5.41, 5.74) is 2.26. The molecular formula is C18H21NO4S. The molecule has 0 bridgehead atoms. The third-order valence-corrected chi connectivity index (χ3v) is 5.31. The molecule has 2 aromatic carbocycles. The maximum absolute atomic E-state index is 12.5. The number of hydrogen-bond donors (Lipinski definition) is 1. The van der Waals surface area contributed by atoms with Crippen molar-refractivity contribution in [1.82, 2.24) is 4.72 Å². The second-order valence-electron chi connectivity index (χ2n) is 5.67. The van der Waals surface area contributed by atoms with Gasteiger partial charge < -0.3 is 4.74 Å². The van der Waals surface area contributed by atoms with Crippen LogP contribution in [0.15, 0.2) is 47.4 Å². The van der Waals surface area contributed by atoms with Crippen molar-refractivity contribution in [2.24, 2.45) is 0 Å². The molecule has 0 spiro atoms. The molecule has 0 aromatic heterocycles. The van der Waals surface area contributed by atoms with Gasteiger partial charge in [0.05, 0.1) is 12.0 Å². The Morgan fingerprint density at radius 3 is 2.29 bits per heavy atom. The number of aryl methyl sites for hydroxylation is 1. The third-order valence-electron chi connectivity index (χ3n) is 3.75. The quantitative estimate of drug-likeness (QED) is 0.814. The topological polar surface area (TPSA) is 72.5 Å². The molecule has 2 aromatic rings. The van der Waals surface area contributed by atoms with Crippen LogP contribution >= 0.6 is 0 Å². The van der Waals surface area contributed by atoms with E-state index in [1.165, 1.54) is 31.2 Å². The number of nitrogens with one attached hydrogen (secondary N) is 1. The number of methoxy groups -OCH3 is 1. The van der Waals surface area contributed by atoms with Crippen LogP contribution < -0.4 is 9.46 Å².